The molecule has 0 spiro atoms. The first kappa shape index (κ1) is 21.0. The van der Waals surface area contributed by atoms with E-state index in [0.717, 1.165) is 5.56 Å². The maximum Gasteiger partial charge on any atom is 0.197 e. The minimum atomic E-state index is -1.53. The van der Waals surface area contributed by atoms with Gasteiger partial charge >= 0.3 is 0 Å². The highest BCUT2D eigenvalue weighted by molar-refractivity contribution is 6.68. The molecular weight excluding hydrogens is 447 g/mol. The molecule has 0 aliphatic carbocycles. The fourth-order valence-electron chi connectivity index (χ4n) is 1.93. The van der Waals surface area contributed by atoms with Crippen molar-refractivity contribution >= 4 is 81.8 Å². The van der Waals surface area contributed by atoms with Gasteiger partial charge in [-0.3, -0.25) is 0 Å². The van der Waals surface area contributed by atoms with Gasteiger partial charge in [0.2, 0.25) is 0 Å². The quantitative estimate of drug-likeness (QED) is 0.513. The average Bonchev–Trinajstić information content (AvgIpc) is 2.42. The summed E-state index contributed by atoms with van der Waals surface area (Å²) >= 11 is 35.0. The normalized spacial score (nSPS) is 12.8. The summed E-state index contributed by atoms with van der Waals surface area (Å²) in [6.07, 6.45) is 3.62. The number of aryl methyl sites for hydroxylation is 1. The number of hydrogen-bond acceptors (Lipinski definition) is 3. The summed E-state index contributed by atoms with van der Waals surface area (Å²) in [7, 11) is 0. The fourth-order valence-corrected chi connectivity index (χ4v) is 2.65. The highest BCUT2D eigenvalue weighted by Gasteiger charge is 2.26. The van der Waals surface area contributed by atoms with Crippen LogP contribution in [0.25, 0.3) is 12.2 Å². The topological polar surface area (TPSA) is 38.7 Å². The second kappa shape index (κ2) is 8.60. The van der Waals surface area contributed by atoms with Crippen molar-refractivity contribution in [2.75, 3.05) is 0 Å². The molecule has 2 aromatic rings. The van der Waals surface area contributed by atoms with Gasteiger partial charge in [-0.1, -0.05) is 106 Å². The van der Waals surface area contributed by atoms with Crippen molar-refractivity contribution in [3.8, 4) is 0 Å². The molecule has 1 aromatic carbocycles. The van der Waals surface area contributed by atoms with Crippen molar-refractivity contribution in [1.29, 1.82) is 0 Å². The minimum absolute atomic E-state index is 0.0123. The first-order valence-corrected chi connectivity index (χ1v) is 9.39. The van der Waals surface area contributed by atoms with Gasteiger partial charge in [-0.2, -0.15) is 0 Å². The van der Waals surface area contributed by atoms with Crippen LogP contribution >= 0.6 is 69.6 Å². The number of alkyl halides is 6. The lowest BCUT2D eigenvalue weighted by atomic mass is 10.1. The zero-order chi connectivity index (χ0) is 18.7. The SMILES string of the molecule is Cc1ccc(C=Cc2nc(CC(Cl)(Cl)Cl)nc(CC(Cl)(Cl)Cl)n2)cc1. The van der Waals surface area contributed by atoms with Crippen LogP contribution in [0.4, 0.5) is 0 Å². The number of rotatable bonds is 4. The van der Waals surface area contributed by atoms with Crippen molar-refractivity contribution in [3.05, 3.63) is 52.9 Å². The lowest BCUT2D eigenvalue weighted by Crippen LogP contribution is -2.16. The summed E-state index contributed by atoms with van der Waals surface area (Å²) in [5.74, 6) is 1.01. The Bertz CT molecular complexity index is 714. The molecule has 0 unspecified atom stereocenters. The zero-order valence-electron chi connectivity index (χ0n) is 13.0. The second-order valence-corrected chi connectivity index (χ2v) is 10.4. The maximum absolute atomic E-state index is 5.83. The molecule has 3 nitrogen and oxygen atoms in total. The molecule has 1 heterocycles. The van der Waals surface area contributed by atoms with Crippen LogP contribution in [0.3, 0.4) is 0 Å². The van der Waals surface area contributed by atoms with Gasteiger partial charge in [0.1, 0.15) is 11.6 Å². The van der Waals surface area contributed by atoms with Crippen molar-refractivity contribution < 1.29 is 0 Å². The number of hydrogen-bond donors (Lipinski definition) is 0. The molecule has 0 saturated heterocycles. The van der Waals surface area contributed by atoms with E-state index in [1.165, 1.54) is 5.56 Å². The third-order valence-electron chi connectivity index (χ3n) is 2.96. The largest absolute Gasteiger partial charge is 0.218 e. The minimum Gasteiger partial charge on any atom is -0.218 e. The summed E-state index contributed by atoms with van der Waals surface area (Å²) in [4.78, 5) is 12.8. The van der Waals surface area contributed by atoms with E-state index in [4.69, 9.17) is 69.6 Å². The molecule has 0 N–H and O–H groups in total. The van der Waals surface area contributed by atoms with Crippen LogP contribution in [0.15, 0.2) is 24.3 Å². The van der Waals surface area contributed by atoms with E-state index < -0.39 is 7.59 Å². The summed E-state index contributed by atoms with van der Waals surface area (Å²) < 4.78 is -3.06. The lowest BCUT2D eigenvalue weighted by Gasteiger charge is -2.13. The molecule has 0 fully saturated rings. The first-order chi connectivity index (χ1) is 11.5. The molecule has 25 heavy (non-hydrogen) atoms. The van der Waals surface area contributed by atoms with E-state index in [0.29, 0.717) is 17.5 Å². The van der Waals surface area contributed by atoms with Gasteiger partial charge in [0, 0.05) is 0 Å². The first-order valence-electron chi connectivity index (χ1n) is 7.12. The second-order valence-electron chi connectivity index (χ2n) is 5.35. The smallest absolute Gasteiger partial charge is 0.197 e. The van der Waals surface area contributed by atoms with E-state index in [2.05, 4.69) is 15.0 Å². The van der Waals surface area contributed by atoms with Crippen LogP contribution < -0.4 is 0 Å². The molecule has 0 amide bonds. The van der Waals surface area contributed by atoms with Crippen molar-refractivity contribution in [2.45, 2.75) is 27.4 Å². The van der Waals surface area contributed by atoms with Crippen LogP contribution in [0, 0.1) is 6.92 Å². The zero-order valence-corrected chi connectivity index (χ0v) is 17.5. The lowest BCUT2D eigenvalue weighted by molar-refractivity contribution is 0.782. The van der Waals surface area contributed by atoms with E-state index in [1.54, 1.807) is 6.08 Å². The van der Waals surface area contributed by atoms with Gasteiger partial charge in [0.15, 0.2) is 13.4 Å². The Labute approximate surface area is 176 Å². The Balaban J connectivity index is 2.32. The van der Waals surface area contributed by atoms with Gasteiger partial charge < -0.3 is 0 Å². The summed E-state index contributed by atoms with van der Waals surface area (Å²) in [5.41, 5.74) is 2.17. The molecule has 9 heteroatoms. The standard InChI is InChI=1S/C16H13Cl6N3/c1-10-2-4-11(5-3-10)6-7-12-23-13(8-15(17,18)19)25-14(24-12)9-16(20,21)22/h2-7H,8-9H2,1H3. The Kier molecular flexibility index (Phi) is 7.23. The predicted octanol–water partition coefficient (Wildman–Crippen LogP) is 6.18. The molecule has 0 bridgehead atoms. The molecule has 2 rings (SSSR count). The molecule has 0 saturated carbocycles. The molecule has 1 aromatic heterocycles. The average molecular weight is 460 g/mol. The number of aromatic nitrogens is 3. The predicted molar refractivity (Wildman–Crippen MR) is 108 cm³/mol. The Hall–Kier alpha value is -0.290. The summed E-state index contributed by atoms with van der Waals surface area (Å²) in [6.45, 7) is 2.02. The van der Waals surface area contributed by atoms with Crippen LogP contribution in [-0.4, -0.2) is 22.5 Å². The highest BCUT2D eigenvalue weighted by Crippen LogP contribution is 2.31. The van der Waals surface area contributed by atoms with Crippen LogP contribution in [0.5, 0.6) is 0 Å². The van der Waals surface area contributed by atoms with Crippen LogP contribution in [0.2, 0.25) is 0 Å². The fraction of sp³-hybridized carbons (Fsp3) is 0.312. The Morgan fingerprint density at radius 1 is 0.760 bits per heavy atom. The molecular formula is C16H13Cl6N3. The van der Waals surface area contributed by atoms with Crippen LogP contribution in [0.1, 0.15) is 28.6 Å². The highest BCUT2D eigenvalue weighted by atomic mass is 35.6. The van der Waals surface area contributed by atoms with Gasteiger partial charge in [0.05, 0.1) is 12.8 Å². The monoisotopic (exact) mass is 457 g/mol. The Morgan fingerprint density at radius 3 is 1.68 bits per heavy atom. The van der Waals surface area contributed by atoms with E-state index in [-0.39, 0.29) is 12.8 Å². The van der Waals surface area contributed by atoms with Gasteiger partial charge in [-0.15, -0.1) is 0 Å². The molecule has 0 radical (unpaired) electrons. The molecule has 134 valence electrons. The van der Waals surface area contributed by atoms with Crippen molar-refractivity contribution in [2.24, 2.45) is 0 Å². The number of nitrogens with zero attached hydrogens (tertiary/aromatic N) is 3. The molecule has 0 aliphatic rings. The summed E-state index contributed by atoms with van der Waals surface area (Å²) in [5, 5.41) is 0. The third-order valence-corrected chi connectivity index (χ3v) is 3.77. The third kappa shape index (κ3) is 8.29. The number of benzene rings is 1. The van der Waals surface area contributed by atoms with Gasteiger partial charge in [0.25, 0.3) is 0 Å². The van der Waals surface area contributed by atoms with Crippen molar-refractivity contribution in [3.63, 3.8) is 0 Å². The maximum atomic E-state index is 5.83. The van der Waals surface area contributed by atoms with Crippen molar-refractivity contribution in [1.82, 2.24) is 15.0 Å². The number of halogens is 6. The van der Waals surface area contributed by atoms with E-state index >= 15 is 0 Å². The van der Waals surface area contributed by atoms with Gasteiger partial charge in [-0.25, -0.2) is 15.0 Å². The molecule has 0 aliphatic heterocycles. The van der Waals surface area contributed by atoms with E-state index in [1.807, 2.05) is 37.3 Å². The van der Waals surface area contributed by atoms with Gasteiger partial charge in [-0.05, 0) is 18.6 Å². The van der Waals surface area contributed by atoms with E-state index in [9.17, 15) is 0 Å². The summed E-state index contributed by atoms with van der Waals surface area (Å²) in [6, 6.07) is 7.99. The Morgan fingerprint density at radius 2 is 1.24 bits per heavy atom. The molecule has 0 atom stereocenters. The van der Waals surface area contributed by atoms with Crippen LogP contribution in [-0.2, 0) is 12.8 Å².